The van der Waals surface area contributed by atoms with Crippen molar-refractivity contribution in [2.24, 2.45) is 0 Å². The molecule has 24 heavy (non-hydrogen) atoms. The van der Waals surface area contributed by atoms with Crippen LogP contribution in [0.5, 0.6) is 0 Å². The number of pyridine rings is 2. The Kier molecular flexibility index (Phi) is 5.79. The Morgan fingerprint density at radius 1 is 0.583 bits per heavy atom. The summed E-state index contributed by atoms with van der Waals surface area (Å²) in [6.07, 6.45) is 11.3. The van der Waals surface area contributed by atoms with Gasteiger partial charge in [0.2, 0.25) is 0 Å². The zero-order valence-electron chi connectivity index (χ0n) is 16.3. The van der Waals surface area contributed by atoms with Gasteiger partial charge in [-0.3, -0.25) is 0 Å². The van der Waals surface area contributed by atoms with E-state index in [-0.39, 0.29) is 10.8 Å². The molecule has 0 fully saturated rings. The predicted octanol–water partition coefficient (Wildman–Crippen LogP) is 4.34. The van der Waals surface area contributed by atoms with Crippen LogP contribution < -0.4 is 9.13 Å². The fraction of sp³-hybridized carbons (Fsp3) is 0.545. The number of nitrogens with zero attached hydrogens (tertiary/aromatic N) is 2. The largest absolute Gasteiger partial charge is 0.205 e. The summed E-state index contributed by atoms with van der Waals surface area (Å²) >= 11 is 0. The molecule has 2 aromatic rings. The molecule has 2 rings (SSSR count). The van der Waals surface area contributed by atoms with Crippen LogP contribution >= 0.6 is 0 Å². The van der Waals surface area contributed by atoms with Crippen molar-refractivity contribution in [2.45, 2.75) is 78.3 Å². The Balaban J connectivity index is 1.79. The minimum absolute atomic E-state index is 0.231. The van der Waals surface area contributed by atoms with Gasteiger partial charge in [-0.2, -0.15) is 0 Å². The van der Waals surface area contributed by atoms with Crippen LogP contribution in [-0.4, -0.2) is 0 Å². The van der Waals surface area contributed by atoms with E-state index in [0.29, 0.717) is 0 Å². The van der Waals surface area contributed by atoms with Crippen LogP contribution in [0, 0.1) is 0 Å². The molecule has 130 valence electrons. The Morgan fingerprint density at radius 3 is 1.12 bits per heavy atom. The van der Waals surface area contributed by atoms with Crippen molar-refractivity contribution in [3.63, 3.8) is 0 Å². The van der Waals surface area contributed by atoms with Crippen LogP contribution in [0.1, 0.15) is 65.5 Å². The smallest absolute Gasteiger partial charge is 0.169 e. The minimum atomic E-state index is 0.231. The molecule has 0 aliphatic heterocycles. The van der Waals surface area contributed by atoms with Gasteiger partial charge in [0.15, 0.2) is 24.8 Å². The molecule has 0 spiro atoms. The van der Waals surface area contributed by atoms with Crippen LogP contribution in [0.2, 0.25) is 0 Å². The fourth-order valence-corrected chi connectivity index (χ4v) is 2.80. The molecule has 0 aromatic carbocycles. The number of aryl methyl sites for hydroxylation is 2. The van der Waals surface area contributed by atoms with Crippen molar-refractivity contribution in [1.82, 2.24) is 0 Å². The van der Waals surface area contributed by atoms with Crippen molar-refractivity contribution in [3.05, 3.63) is 60.2 Å². The van der Waals surface area contributed by atoms with Crippen LogP contribution in [0.3, 0.4) is 0 Å². The molecule has 0 saturated carbocycles. The number of unbranched alkanes of at least 4 members (excludes halogenated alkanes) is 1. The summed E-state index contributed by atoms with van der Waals surface area (Å²) in [6, 6.07) is 9.00. The van der Waals surface area contributed by atoms with E-state index in [1.807, 2.05) is 0 Å². The second-order valence-corrected chi connectivity index (χ2v) is 8.86. The molecule has 0 unspecified atom stereocenters. The Morgan fingerprint density at radius 2 is 0.875 bits per heavy atom. The molecule has 0 amide bonds. The van der Waals surface area contributed by atoms with E-state index in [2.05, 4.69) is 99.7 Å². The van der Waals surface area contributed by atoms with Gasteiger partial charge < -0.3 is 0 Å². The summed E-state index contributed by atoms with van der Waals surface area (Å²) in [7, 11) is 0. The topological polar surface area (TPSA) is 7.76 Å². The Hall–Kier alpha value is -1.70. The van der Waals surface area contributed by atoms with E-state index >= 15 is 0 Å². The molecule has 0 bridgehead atoms. The lowest BCUT2D eigenvalue weighted by molar-refractivity contribution is -0.708. The summed E-state index contributed by atoms with van der Waals surface area (Å²) in [6.45, 7) is 15.7. The first kappa shape index (κ1) is 18.6. The Labute approximate surface area is 148 Å². The highest BCUT2D eigenvalue weighted by Crippen LogP contribution is 2.20. The molecule has 0 aliphatic carbocycles. The summed E-state index contributed by atoms with van der Waals surface area (Å²) < 4.78 is 4.59. The van der Waals surface area contributed by atoms with Gasteiger partial charge in [0, 0.05) is 37.1 Å². The molecule has 2 heteroatoms. The van der Waals surface area contributed by atoms with E-state index < -0.39 is 0 Å². The van der Waals surface area contributed by atoms with E-state index in [9.17, 15) is 0 Å². The maximum absolute atomic E-state index is 2.29. The standard InChI is InChI=1S/C22H34N2/c1-21(2,3)19-9-15-23(16-10-19)13-7-8-14-24-17-11-20(12-18-24)22(4,5)6/h9-12,15-18H,7-8,13-14H2,1-6H3/q+2. The zero-order valence-corrected chi connectivity index (χ0v) is 16.3. The summed E-state index contributed by atoms with van der Waals surface area (Å²) in [5.41, 5.74) is 3.26. The number of rotatable bonds is 5. The normalized spacial score (nSPS) is 12.4. The lowest BCUT2D eigenvalue weighted by Crippen LogP contribution is -2.36. The van der Waals surface area contributed by atoms with Gasteiger partial charge in [0.1, 0.15) is 13.1 Å². The highest BCUT2D eigenvalue weighted by molar-refractivity contribution is 5.18. The first-order valence-corrected chi connectivity index (χ1v) is 9.15. The van der Waals surface area contributed by atoms with Crippen molar-refractivity contribution >= 4 is 0 Å². The maximum Gasteiger partial charge on any atom is 0.169 e. The van der Waals surface area contributed by atoms with E-state index in [1.54, 1.807) is 0 Å². The minimum Gasteiger partial charge on any atom is -0.205 e. The van der Waals surface area contributed by atoms with Crippen molar-refractivity contribution in [2.75, 3.05) is 0 Å². The molecule has 0 N–H and O–H groups in total. The average Bonchev–Trinajstić information content (AvgIpc) is 2.51. The van der Waals surface area contributed by atoms with E-state index in [1.165, 1.54) is 24.0 Å². The van der Waals surface area contributed by atoms with Crippen molar-refractivity contribution in [3.8, 4) is 0 Å². The zero-order chi connectivity index (χ0) is 17.8. The van der Waals surface area contributed by atoms with Gasteiger partial charge in [0.25, 0.3) is 0 Å². The van der Waals surface area contributed by atoms with Gasteiger partial charge in [0.05, 0.1) is 0 Å². The van der Waals surface area contributed by atoms with E-state index in [4.69, 9.17) is 0 Å². The number of hydrogen-bond donors (Lipinski definition) is 0. The summed E-state index contributed by atoms with van der Waals surface area (Å²) in [5, 5.41) is 0. The highest BCUT2D eigenvalue weighted by Gasteiger charge is 2.16. The molecular formula is C22H34N2+2. The van der Waals surface area contributed by atoms with Crippen molar-refractivity contribution < 1.29 is 9.13 Å². The van der Waals surface area contributed by atoms with Gasteiger partial charge in [-0.25, -0.2) is 9.13 Å². The third kappa shape index (κ3) is 5.43. The molecule has 0 atom stereocenters. The van der Waals surface area contributed by atoms with Crippen LogP contribution in [0.4, 0.5) is 0 Å². The average molecular weight is 327 g/mol. The lowest BCUT2D eigenvalue weighted by atomic mass is 9.88. The fourth-order valence-electron chi connectivity index (χ4n) is 2.80. The maximum atomic E-state index is 2.29. The van der Waals surface area contributed by atoms with Crippen LogP contribution in [0.25, 0.3) is 0 Å². The molecule has 2 heterocycles. The van der Waals surface area contributed by atoms with Gasteiger partial charge >= 0.3 is 0 Å². The van der Waals surface area contributed by atoms with Crippen LogP contribution in [0.15, 0.2) is 49.1 Å². The van der Waals surface area contributed by atoms with Crippen LogP contribution in [-0.2, 0) is 23.9 Å². The third-order valence-electron chi connectivity index (χ3n) is 4.60. The first-order chi connectivity index (χ1) is 11.2. The monoisotopic (exact) mass is 326 g/mol. The molecule has 2 aromatic heterocycles. The highest BCUT2D eigenvalue weighted by atomic mass is 14.9. The van der Waals surface area contributed by atoms with Gasteiger partial charge in [-0.05, 0) is 22.0 Å². The first-order valence-electron chi connectivity index (χ1n) is 9.15. The second-order valence-electron chi connectivity index (χ2n) is 8.86. The molecular weight excluding hydrogens is 292 g/mol. The molecule has 0 aliphatic rings. The molecule has 0 saturated heterocycles. The predicted molar refractivity (Wildman–Crippen MR) is 99.9 cm³/mol. The van der Waals surface area contributed by atoms with E-state index in [0.717, 1.165) is 13.1 Å². The SMILES string of the molecule is CC(C)(C)c1cc[n+](CCCC[n+]2ccc(C(C)(C)C)cc2)cc1. The lowest BCUT2D eigenvalue weighted by Gasteiger charge is -2.17. The second kappa shape index (κ2) is 7.46. The number of aromatic nitrogens is 2. The van der Waals surface area contributed by atoms with Gasteiger partial charge in [-0.15, -0.1) is 0 Å². The molecule has 0 radical (unpaired) electrons. The van der Waals surface area contributed by atoms with Crippen molar-refractivity contribution in [1.29, 1.82) is 0 Å². The summed E-state index contributed by atoms with van der Waals surface area (Å²) in [5.74, 6) is 0. The third-order valence-corrected chi connectivity index (χ3v) is 4.60. The quantitative estimate of drug-likeness (QED) is 0.570. The number of hydrogen-bond acceptors (Lipinski definition) is 0. The summed E-state index contributed by atoms with van der Waals surface area (Å²) in [4.78, 5) is 0. The van der Waals surface area contributed by atoms with Gasteiger partial charge in [-0.1, -0.05) is 41.5 Å². The Bertz CT molecular complexity index is 566. The molecule has 2 nitrogen and oxygen atoms in total.